The SMILES string of the molecule is CCCCCC/C=C\C/C=C\CCCCCCCCCC(=O)OCC(O)COP(=O)(O)OCCNC(=O)CCCCCCCCCCCCCCCCC. The van der Waals surface area contributed by atoms with E-state index >= 15 is 0 Å². The van der Waals surface area contributed by atoms with Crippen LogP contribution in [-0.4, -0.2) is 54.3 Å². The number of hydrogen-bond acceptors (Lipinski definition) is 7. The van der Waals surface area contributed by atoms with Crippen LogP contribution >= 0.6 is 7.82 Å². The van der Waals surface area contributed by atoms with Crippen molar-refractivity contribution in [1.82, 2.24) is 5.32 Å². The number of aliphatic hydroxyl groups excluding tert-OH is 1. The van der Waals surface area contributed by atoms with Crippen molar-refractivity contribution in [1.29, 1.82) is 0 Å². The van der Waals surface area contributed by atoms with Crippen molar-refractivity contribution in [3.05, 3.63) is 24.3 Å². The predicted molar refractivity (Wildman–Crippen MR) is 224 cm³/mol. The Hall–Kier alpha value is -1.51. The third-order valence-corrected chi connectivity index (χ3v) is 10.6. The lowest BCUT2D eigenvalue weighted by Crippen LogP contribution is -2.27. The summed E-state index contributed by atoms with van der Waals surface area (Å²) in [7, 11) is -4.41. The summed E-state index contributed by atoms with van der Waals surface area (Å²) in [6.45, 7) is 3.55. The van der Waals surface area contributed by atoms with E-state index in [0.717, 1.165) is 57.8 Å². The van der Waals surface area contributed by atoms with Crippen LogP contribution in [0.4, 0.5) is 0 Å². The predicted octanol–water partition coefficient (Wildman–Crippen LogP) is 12.4. The van der Waals surface area contributed by atoms with Crippen molar-refractivity contribution in [3.63, 3.8) is 0 Å². The summed E-state index contributed by atoms with van der Waals surface area (Å²) >= 11 is 0. The first-order chi connectivity index (χ1) is 26.3. The van der Waals surface area contributed by atoms with Gasteiger partial charge in [0.15, 0.2) is 0 Å². The van der Waals surface area contributed by atoms with Crippen molar-refractivity contribution >= 4 is 19.7 Å². The molecule has 10 heteroatoms. The molecule has 0 spiro atoms. The summed E-state index contributed by atoms with van der Waals surface area (Å²) in [6, 6.07) is 0. The van der Waals surface area contributed by atoms with Gasteiger partial charge >= 0.3 is 13.8 Å². The highest BCUT2D eigenvalue weighted by Crippen LogP contribution is 2.42. The number of nitrogens with one attached hydrogen (secondary N) is 1. The smallest absolute Gasteiger partial charge is 0.463 e. The zero-order valence-corrected chi connectivity index (χ0v) is 35.8. The Morgan fingerprint density at radius 1 is 0.574 bits per heavy atom. The number of ether oxygens (including phenoxy) is 1. The van der Waals surface area contributed by atoms with Crippen LogP contribution in [0, 0.1) is 0 Å². The fourth-order valence-electron chi connectivity index (χ4n) is 6.23. The Morgan fingerprint density at radius 3 is 1.50 bits per heavy atom. The first-order valence-corrected chi connectivity index (χ1v) is 23.8. The highest BCUT2D eigenvalue weighted by Gasteiger charge is 2.23. The van der Waals surface area contributed by atoms with E-state index in [1.165, 1.54) is 128 Å². The van der Waals surface area contributed by atoms with E-state index in [4.69, 9.17) is 13.8 Å². The standard InChI is InChI=1S/C44H84NO8P/c1-3-5-7-9-11-13-15-17-19-20-21-23-25-27-29-31-33-35-37-44(48)51-40-42(46)41-53-54(49,50)52-39-38-45-43(47)36-34-32-30-28-26-24-22-18-16-14-12-10-8-6-4-2/h13,15,19-20,42,46H,3-12,14,16-18,21-41H2,1-2H3,(H,45,47)(H,49,50)/b15-13-,20-19-. The fourth-order valence-corrected chi connectivity index (χ4v) is 6.99. The van der Waals surface area contributed by atoms with Gasteiger partial charge in [-0.1, -0.05) is 179 Å². The van der Waals surface area contributed by atoms with Gasteiger partial charge < -0.3 is 20.1 Å². The van der Waals surface area contributed by atoms with E-state index in [9.17, 15) is 24.2 Å². The lowest BCUT2D eigenvalue weighted by Gasteiger charge is -2.15. The number of carbonyl (C=O) groups excluding carboxylic acids is 2. The Balaban J connectivity index is 3.59. The maximum Gasteiger partial charge on any atom is 0.472 e. The monoisotopic (exact) mass is 786 g/mol. The molecule has 0 aromatic rings. The van der Waals surface area contributed by atoms with E-state index in [0.29, 0.717) is 6.42 Å². The van der Waals surface area contributed by atoms with Crippen LogP contribution in [0.2, 0.25) is 0 Å². The molecule has 0 saturated carbocycles. The summed E-state index contributed by atoms with van der Waals surface area (Å²) in [6.07, 6.45) is 43.9. The van der Waals surface area contributed by atoms with E-state index in [1.54, 1.807) is 0 Å². The zero-order valence-electron chi connectivity index (χ0n) is 34.9. The third kappa shape index (κ3) is 41.6. The van der Waals surface area contributed by atoms with Crippen LogP contribution in [0.1, 0.15) is 213 Å². The van der Waals surface area contributed by atoms with E-state index in [1.807, 2.05) is 0 Å². The van der Waals surface area contributed by atoms with Gasteiger partial charge in [0.1, 0.15) is 12.7 Å². The van der Waals surface area contributed by atoms with Gasteiger partial charge in [0.2, 0.25) is 5.91 Å². The van der Waals surface area contributed by atoms with Gasteiger partial charge in [0.05, 0.1) is 13.2 Å². The fraction of sp³-hybridized carbons (Fsp3) is 0.864. The minimum Gasteiger partial charge on any atom is -0.463 e. The van der Waals surface area contributed by atoms with Crippen molar-refractivity contribution in [2.75, 3.05) is 26.4 Å². The Kier molecular flexibility index (Phi) is 40.0. The molecule has 0 aromatic heterocycles. The van der Waals surface area contributed by atoms with E-state index in [-0.39, 0.29) is 32.1 Å². The van der Waals surface area contributed by atoms with Crippen LogP contribution in [0.5, 0.6) is 0 Å². The normalized spacial score (nSPS) is 13.5. The quantitative estimate of drug-likeness (QED) is 0.0241. The van der Waals surface area contributed by atoms with E-state index < -0.39 is 26.5 Å². The zero-order chi connectivity index (χ0) is 39.6. The topological polar surface area (TPSA) is 131 Å². The van der Waals surface area contributed by atoms with Gasteiger partial charge in [-0.05, 0) is 44.9 Å². The summed E-state index contributed by atoms with van der Waals surface area (Å²) in [5, 5.41) is 12.7. The first kappa shape index (κ1) is 52.5. The van der Waals surface area contributed by atoms with Gasteiger partial charge in [-0.2, -0.15) is 0 Å². The Bertz CT molecular complexity index is 944. The molecule has 54 heavy (non-hydrogen) atoms. The maximum absolute atomic E-state index is 12.1. The van der Waals surface area contributed by atoms with Crippen LogP contribution in [0.3, 0.4) is 0 Å². The highest BCUT2D eigenvalue weighted by atomic mass is 31.2. The van der Waals surface area contributed by atoms with Gasteiger partial charge in [-0.3, -0.25) is 18.6 Å². The molecule has 0 aliphatic heterocycles. The molecule has 0 heterocycles. The molecule has 9 nitrogen and oxygen atoms in total. The molecule has 0 aromatic carbocycles. The molecule has 3 N–H and O–H groups in total. The molecule has 0 bridgehead atoms. The van der Waals surface area contributed by atoms with Crippen LogP contribution in [0.15, 0.2) is 24.3 Å². The number of hydrogen-bond donors (Lipinski definition) is 3. The second-order valence-corrected chi connectivity index (χ2v) is 16.5. The second kappa shape index (κ2) is 41.1. The molecule has 0 fully saturated rings. The van der Waals surface area contributed by atoms with Crippen LogP contribution < -0.4 is 5.32 Å². The van der Waals surface area contributed by atoms with Crippen LogP contribution in [-0.2, 0) is 27.9 Å². The van der Waals surface area contributed by atoms with Crippen molar-refractivity contribution in [2.45, 2.75) is 219 Å². The first-order valence-electron chi connectivity index (χ1n) is 22.3. The summed E-state index contributed by atoms with van der Waals surface area (Å²) in [4.78, 5) is 33.9. The number of unbranched alkanes of at least 4 members (excludes halogenated alkanes) is 25. The molecule has 0 aliphatic rings. The van der Waals surface area contributed by atoms with Gasteiger partial charge in [0, 0.05) is 19.4 Å². The average Bonchev–Trinajstić information content (AvgIpc) is 3.16. The molecular formula is C44H84NO8P. The number of rotatable bonds is 42. The Labute approximate surface area is 331 Å². The second-order valence-electron chi connectivity index (χ2n) is 15.0. The minimum absolute atomic E-state index is 0.0842. The molecular weight excluding hydrogens is 701 g/mol. The maximum atomic E-state index is 12.1. The summed E-state index contributed by atoms with van der Waals surface area (Å²) in [5.41, 5.74) is 0. The number of aliphatic hydroxyl groups is 1. The number of esters is 1. The van der Waals surface area contributed by atoms with Gasteiger partial charge in [-0.25, -0.2) is 4.57 Å². The lowest BCUT2D eigenvalue weighted by atomic mass is 10.0. The molecule has 0 rings (SSSR count). The minimum atomic E-state index is -4.41. The molecule has 2 unspecified atom stereocenters. The van der Waals surface area contributed by atoms with Crippen molar-refractivity contribution in [2.24, 2.45) is 0 Å². The highest BCUT2D eigenvalue weighted by molar-refractivity contribution is 7.47. The Morgan fingerprint density at radius 2 is 1.00 bits per heavy atom. The molecule has 0 aliphatic carbocycles. The number of phosphoric acid groups is 1. The third-order valence-electron chi connectivity index (χ3n) is 9.63. The van der Waals surface area contributed by atoms with E-state index in [2.05, 4.69) is 43.5 Å². The largest absolute Gasteiger partial charge is 0.472 e. The van der Waals surface area contributed by atoms with Gasteiger partial charge in [0.25, 0.3) is 0 Å². The molecule has 318 valence electrons. The number of allylic oxidation sites excluding steroid dienone is 4. The molecule has 0 saturated heterocycles. The molecule has 0 radical (unpaired) electrons. The summed E-state index contributed by atoms with van der Waals surface area (Å²) in [5.74, 6) is -0.517. The van der Waals surface area contributed by atoms with Gasteiger partial charge in [-0.15, -0.1) is 0 Å². The number of amides is 1. The molecule has 2 atom stereocenters. The van der Waals surface area contributed by atoms with Crippen LogP contribution in [0.25, 0.3) is 0 Å². The average molecular weight is 786 g/mol. The summed E-state index contributed by atoms with van der Waals surface area (Å²) < 4.78 is 26.9. The van der Waals surface area contributed by atoms with Crippen molar-refractivity contribution in [3.8, 4) is 0 Å². The molecule has 1 amide bonds. The van der Waals surface area contributed by atoms with Crippen molar-refractivity contribution < 1.29 is 37.9 Å². The number of carbonyl (C=O) groups is 2. The lowest BCUT2D eigenvalue weighted by molar-refractivity contribution is -0.147. The number of phosphoric ester groups is 1.